The number of anilines is 1. The zero-order valence-electron chi connectivity index (χ0n) is 17.1. The first-order valence-electron chi connectivity index (χ1n) is 9.75. The fourth-order valence-corrected chi connectivity index (χ4v) is 2.86. The first-order chi connectivity index (χ1) is 13.9. The van der Waals surface area contributed by atoms with E-state index in [0.29, 0.717) is 17.0 Å². The third kappa shape index (κ3) is 4.56. The summed E-state index contributed by atoms with van der Waals surface area (Å²) < 4.78 is 7.39. The zero-order chi connectivity index (χ0) is 21.0. The Balaban J connectivity index is 1.94. The van der Waals surface area contributed by atoms with Gasteiger partial charge in [-0.1, -0.05) is 25.1 Å². The molecule has 7 heteroatoms. The number of hydrogen-bond donors (Lipinski definition) is 2. The molecule has 0 bridgehead atoms. The highest BCUT2D eigenvalue weighted by Gasteiger charge is 2.23. The maximum absolute atomic E-state index is 13.0. The van der Waals surface area contributed by atoms with E-state index >= 15 is 0 Å². The van der Waals surface area contributed by atoms with Gasteiger partial charge in [-0.05, 0) is 51.5 Å². The lowest BCUT2D eigenvalue weighted by Crippen LogP contribution is -2.33. The second-order valence-corrected chi connectivity index (χ2v) is 7.14. The smallest absolute Gasteiger partial charge is 0.287 e. The normalized spacial score (nSPS) is 12.0. The monoisotopic (exact) mass is 394 g/mol. The minimum absolute atomic E-state index is 0.0101. The van der Waals surface area contributed by atoms with E-state index in [2.05, 4.69) is 15.6 Å². The Bertz CT molecular complexity index is 1030. The zero-order valence-corrected chi connectivity index (χ0v) is 17.1. The second-order valence-electron chi connectivity index (χ2n) is 7.14. The minimum Gasteiger partial charge on any atom is -0.489 e. The predicted octanol–water partition coefficient (Wildman–Crippen LogP) is 3.90. The molecule has 7 nitrogen and oxygen atoms in total. The van der Waals surface area contributed by atoms with Crippen LogP contribution in [0.15, 0.2) is 48.7 Å². The van der Waals surface area contributed by atoms with Crippen LogP contribution in [0.4, 0.5) is 5.69 Å². The third-order valence-corrected chi connectivity index (χ3v) is 4.45. The minimum atomic E-state index is -0.406. The number of fused-ring (bicyclic) bond motifs is 1. The Morgan fingerprint density at radius 3 is 2.52 bits per heavy atom. The summed E-state index contributed by atoms with van der Waals surface area (Å²) in [6.45, 7) is 7.75. The van der Waals surface area contributed by atoms with Crippen LogP contribution in [0.3, 0.4) is 0 Å². The summed E-state index contributed by atoms with van der Waals surface area (Å²) in [6, 6.07) is 12.6. The van der Waals surface area contributed by atoms with Crippen molar-refractivity contribution in [3.8, 4) is 5.75 Å². The van der Waals surface area contributed by atoms with E-state index in [1.807, 2.05) is 39.8 Å². The van der Waals surface area contributed by atoms with Crippen LogP contribution in [-0.4, -0.2) is 33.3 Å². The Kier molecular flexibility index (Phi) is 6.16. The highest BCUT2D eigenvalue weighted by molar-refractivity contribution is 6.09. The number of imidazole rings is 1. The van der Waals surface area contributed by atoms with Crippen molar-refractivity contribution >= 4 is 23.0 Å². The van der Waals surface area contributed by atoms with Gasteiger partial charge in [-0.3, -0.25) is 14.0 Å². The van der Waals surface area contributed by atoms with Crippen LogP contribution in [0.25, 0.3) is 5.52 Å². The summed E-state index contributed by atoms with van der Waals surface area (Å²) in [5.41, 5.74) is 1.29. The molecule has 0 aliphatic heterocycles. The Morgan fingerprint density at radius 2 is 1.79 bits per heavy atom. The van der Waals surface area contributed by atoms with E-state index in [0.717, 1.165) is 6.42 Å². The molecule has 2 heterocycles. The van der Waals surface area contributed by atoms with Crippen LogP contribution in [0.2, 0.25) is 0 Å². The summed E-state index contributed by atoms with van der Waals surface area (Å²) in [7, 11) is 0. The number of carbonyl (C=O) groups is 2. The summed E-state index contributed by atoms with van der Waals surface area (Å²) >= 11 is 0. The second kappa shape index (κ2) is 8.77. The number of hydrogen-bond acceptors (Lipinski definition) is 4. The molecule has 2 N–H and O–H groups in total. The molecule has 1 aromatic carbocycles. The molecule has 1 atom stereocenters. The summed E-state index contributed by atoms with van der Waals surface area (Å²) in [5, 5.41) is 5.75. The molecule has 0 aliphatic rings. The molecule has 2 aromatic heterocycles. The van der Waals surface area contributed by atoms with Crippen molar-refractivity contribution in [2.75, 3.05) is 5.32 Å². The van der Waals surface area contributed by atoms with Crippen molar-refractivity contribution in [3.63, 3.8) is 0 Å². The lowest BCUT2D eigenvalue weighted by molar-refractivity contribution is 0.0928. The van der Waals surface area contributed by atoms with Gasteiger partial charge in [-0.15, -0.1) is 0 Å². The average molecular weight is 394 g/mol. The average Bonchev–Trinajstić information content (AvgIpc) is 3.09. The van der Waals surface area contributed by atoms with Crippen molar-refractivity contribution in [3.05, 3.63) is 60.2 Å². The van der Waals surface area contributed by atoms with Gasteiger partial charge in [-0.2, -0.15) is 0 Å². The molecule has 0 fully saturated rings. The fourth-order valence-electron chi connectivity index (χ4n) is 2.86. The highest BCUT2D eigenvalue weighted by Crippen LogP contribution is 2.26. The van der Waals surface area contributed by atoms with Gasteiger partial charge in [0, 0.05) is 12.2 Å². The molecule has 0 saturated heterocycles. The lowest BCUT2D eigenvalue weighted by Gasteiger charge is -2.14. The van der Waals surface area contributed by atoms with Crippen LogP contribution in [0.5, 0.6) is 5.75 Å². The topological polar surface area (TPSA) is 84.7 Å². The number of nitrogens with one attached hydrogen (secondary N) is 2. The van der Waals surface area contributed by atoms with E-state index in [-0.39, 0.29) is 29.6 Å². The standard InChI is InChI=1S/C22H26N4O3/c1-5-15(4)23-22(28)20-25-19(17-11-8-9-13-26(17)20)21(27)24-16-10-6-7-12-18(16)29-14(2)3/h6-15H,5H2,1-4H3,(H,23,28)(H,24,27). The number of ether oxygens (including phenoxy) is 1. The first kappa shape index (κ1) is 20.4. The number of rotatable bonds is 7. The molecule has 0 spiro atoms. The molecule has 0 saturated carbocycles. The number of amides is 2. The van der Waals surface area contributed by atoms with Crippen LogP contribution in [0, 0.1) is 0 Å². The van der Waals surface area contributed by atoms with Gasteiger partial charge >= 0.3 is 0 Å². The van der Waals surface area contributed by atoms with E-state index in [1.165, 1.54) is 0 Å². The molecule has 3 rings (SSSR count). The number of carbonyl (C=O) groups excluding carboxylic acids is 2. The summed E-state index contributed by atoms with van der Waals surface area (Å²) in [4.78, 5) is 30.0. The van der Waals surface area contributed by atoms with Gasteiger partial charge in [0.05, 0.1) is 17.3 Å². The van der Waals surface area contributed by atoms with Gasteiger partial charge in [0.15, 0.2) is 5.69 Å². The molecular weight excluding hydrogens is 368 g/mol. The number of para-hydroxylation sites is 2. The number of benzene rings is 1. The number of nitrogens with zero attached hydrogens (tertiary/aromatic N) is 2. The van der Waals surface area contributed by atoms with Gasteiger partial charge < -0.3 is 15.4 Å². The molecule has 152 valence electrons. The van der Waals surface area contributed by atoms with E-state index in [1.54, 1.807) is 40.9 Å². The lowest BCUT2D eigenvalue weighted by atomic mass is 10.2. The van der Waals surface area contributed by atoms with Crippen LogP contribution in [-0.2, 0) is 0 Å². The maximum Gasteiger partial charge on any atom is 0.287 e. The molecule has 0 radical (unpaired) electrons. The highest BCUT2D eigenvalue weighted by atomic mass is 16.5. The SMILES string of the molecule is CCC(C)NC(=O)c1nc(C(=O)Nc2ccccc2OC(C)C)c2ccccn12. The third-order valence-electron chi connectivity index (χ3n) is 4.45. The van der Waals surface area contributed by atoms with Crippen molar-refractivity contribution < 1.29 is 14.3 Å². The number of aromatic nitrogens is 2. The van der Waals surface area contributed by atoms with Gasteiger partial charge in [0.25, 0.3) is 11.8 Å². The molecule has 1 unspecified atom stereocenters. The predicted molar refractivity (Wildman–Crippen MR) is 113 cm³/mol. The van der Waals surface area contributed by atoms with Crippen LogP contribution < -0.4 is 15.4 Å². The van der Waals surface area contributed by atoms with Crippen molar-refractivity contribution in [2.24, 2.45) is 0 Å². The number of pyridine rings is 1. The molecular formula is C22H26N4O3. The van der Waals surface area contributed by atoms with E-state index in [4.69, 9.17) is 4.74 Å². The van der Waals surface area contributed by atoms with Crippen molar-refractivity contribution in [1.82, 2.24) is 14.7 Å². The molecule has 29 heavy (non-hydrogen) atoms. The van der Waals surface area contributed by atoms with Crippen molar-refractivity contribution in [2.45, 2.75) is 46.3 Å². The molecule has 0 aliphatic carbocycles. The van der Waals surface area contributed by atoms with Crippen LogP contribution in [0.1, 0.15) is 55.2 Å². The fraction of sp³-hybridized carbons (Fsp3) is 0.318. The van der Waals surface area contributed by atoms with Crippen molar-refractivity contribution in [1.29, 1.82) is 0 Å². The van der Waals surface area contributed by atoms with Gasteiger partial charge in [-0.25, -0.2) is 4.98 Å². The van der Waals surface area contributed by atoms with E-state index in [9.17, 15) is 9.59 Å². The Morgan fingerprint density at radius 1 is 1.07 bits per heavy atom. The summed E-state index contributed by atoms with van der Waals surface area (Å²) in [6.07, 6.45) is 2.49. The largest absolute Gasteiger partial charge is 0.489 e. The molecule has 2 amide bonds. The first-order valence-corrected chi connectivity index (χ1v) is 9.75. The van der Waals surface area contributed by atoms with E-state index < -0.39 is 5.91 Å². The Labute approximate surface area is 170 Å². The Hall–Kier alpha value is -3.35. The van der Waals surface area contributed by atoms with Crippen LogP contribution >= 0.6 is 0 Å². The maximum atomic E-state index is 13.0. The van der Waals surface area contributed by atoms with Gasteiger partial charge in [0.1, 0.15) is 5.75 Å². The van der Waals surface area contributed by atoms with Gasteiger partial charge in [0.2, 0.25) is 5.82 Å². The quantitative estimate of drug-likeness (QED) is 0.636. The molecule has 3 aromatic rings. The summed E-state index contributed by atoms with van der Waals surface area (Å²) in [5.74, 6) is 0.0334.